The van der Waals surface area contributed by atoms with Gasteiger partial charge in [-0.2, -0.15) is 0 Å². The molecule has 21 heavy (non-hydrogen) atoms. The van der Waals surface area contributed by atoms with Crippen molar-refractivity contribution in [1.29, 1.82) is 0 Å². The number of benzene rings is 2. The molecule has 2 rings (SSSR count). The van der Waals surface area contributed by atoms with Gasteiger partial charge < -0.3 is 11.1 Å². The van der Waals surface area contributed by atoms with Crippen molar-refractivity contribution in [2.75, 3.05) is 16.8 Å². The molecule has 3 N–H and O–H groups in total. The molecule has 0 fully saturated rings. The van der Waals surface area contributed by atoms with Crippen LogP contribution in [0.15, 0.2) is 50.2 Å². The standard InChI is InChI=1S/C15H14Br2N2OS/c1-9-12(18)3-2-4-14(9)21-8-15(20)19-13-6-5-10(16)7-11(13)17/h2-7H,8,18H2,1H3,(H,19,20). The van der Waals surface area contributed by atoms with Crippen molar-refractivity contribution < 1.29 is 4.79 Å². The van der Waals surface area contributed by atoms with Crippen LogP contribution in [0.5, 0.6) is 0 Å². The van der Waals surface area contributed by atoms with Gasteiger partial charge in [0.1, 0.15) is 0 Å². The van der Waals surface area contributed by atoms with Gasteiger partial charge in [0.25, 0.3) is 0 Å². The van der Waals surface area contributed by atoms with E-state index < -0.39 is 0 Å². The van der Waals surface area contributed by atoms with Gasteiger partial charge in [-0.3, -0.25) is 4.79 Å². The number of hydrogen-bond donors (Lipinski definition) is 2. The topological polar surface area (TPSA) is 55.1 Å². The molecule has 110 valence electrons. The summed E-state index contributed by atoms with van der Waals surface area (Å²) in [4.78, 5) is 13.1. The van der Waals surface area contributed by atoms with E-state index in [2.05, 4.69) is 37.2 Å². The molecule has 6 heteroatoms. The fourth-order valence-electron chi connectivity index (χ4n) is 1.71. The monoisotopic (exact) mass is 428 g/mol. The number of carbonyl (C=O) groups is 1. The maximum atomic E-state index is 12.0. The van der Waals surface area contributed by atoms with Gasteiger partial charge >= 0.3 is 0 Å². The Morgan fingerprint density at radius 2 is 2.05 bits per heavy atom. The largest absolute Gasteiger partial charge is 0.398 e. The van der Waals surface area contributed by atoms with Gasteiger partial charge in [0.05, 0.1) is 11.4 Å². The van der Waals surface area contributed by atoms with Crippen molar-refractivity contribution >= 4 is 60.9 Å². The number of nitrogens with one attached hydrogen (secondary N) is 1. The Morgan fingerprint density at radius 3 is 2.76 bits per heavy atom. The molecule has 0 heterocycles. The van der Waals surface area contributed by atoms with Gasteiger partial charge in [-0.05, 0) is 58.7 Å². The molecule has 0 aliphatic heterocycles. The van der Waals surface area contributed by atoms with Crippen molar-refractivity contribution in [3.63, 3.8) is 0 Å². The fraction of sp³-hybridized carbons (Fsp3) is 0.133. The average molecular weight is 430 g/mol. The third-order valence-electron chi connectivity index (χ3n) is 2.89. The highest BCUT2D eigenvalue weighted by Crippen LogP contribution is 2.28. The van der Waals surface area contributed by atoms with Crippen molar-refractivity contribution in [3.8, 4) is 0 Å². The van der Waals surface area contributed by atoms with Crippen molar-refractivity contribution in [3.05, 3.63) is 50.9 Å². The number of thioether (sulfide) groups is 1. The number of halogens is 2. The summed E-state index contributed by atoms with van der Waals surface area (Å²) >= 11 is 8.29. The average Bonchev–Trinajstić information content (AvgIpc) is 2.43. The van der Waals surface area contributed by atoms with E-state index in [4.69, 9.17) is 5.73 Å². The molecule has 0 saturated carbocycles. The molecule has 0 saturated heterocycles. The minimum atomic E-state index is -0.0511. The smallest absolute Gasteiger partial charge is 0.234 e. The zero-order valence-corrected chi connectivity index (χ0v) is 15.3. The molecule has 1 amide bonds. The molecular formula is C15H14Br2N2OS. The van der Waals surface area contributed by atoms with Crippen molar-refractivity contribution in [1.82, 2.24) is 0 Å². The Hall–Kier alpha value is -0.980. The van der Waals surface area contributed by atoms with E-state index in [1.165, 1.54) is 11.8 Å². The lowest BCUT2D eigenvalue weighted by atomic mass is 10.2. The summed E-state index contributed by atoms with van der Waals surface area (Å²) in [6.45, 7) is 1.96. The number of nitrogens with two attached hydrogens (primary N) is 1. The minimum Gasteiger partial charge on any atom is -0.398 e. The van der Waals surface area contributed by atoms with Crippen LogP contribution in [-0.4, -0.2) is 11.7 Å². The predicted octanol–water partition coefficient (Wildman–Crippen LogP) is 4.83. The molecule has 0 aliphatic carbocycles. The maximum Gasteiger partial charge on any atom is 0.234 e. The zero-order chi connectivity index (χ0) is 15.4. The van der Waals surface area contributed by atoms with Crippen LogP contribution in [0, 0.1) is 6.92 Å². The number of anilines is 2. The number of amides is 1. The van der Waals surface area contributed by atoms with Crippen LogP contribution in [0.4, 0.5) is 11.4 Å². The van der Waals surface area contributed by atoms with E-state index in [1.807, 2.05) is 43.3 Å². The summed E-state index contributed by atoms with van der Waals surface area (Å²) < 4.78 is 1.80. The molecule has 0 atom stereocenters. The van der Waals surface area contributed by atoms with E-state index in [0.717, 1.165) is 30.8 Å². The first-order valence-corrected chi connectivity index (χ1v) is 8.77. The molecule has 0 aliphatic rings. The fourth-order valence-corrected chi connectivity index (χ4v) is 3.72. The van der Waals surface area contributed by atoms with Crippen LogP contribution in [-0.2, 0) is 4.79 Å². The summed E-state index contributed by atoms with van der Waals surface area (Å²) in [5.41, 5.74) is 8.38. The van der Waals surface area contributed by atoms with Crippen LogP contribution in [0.3, 0.4) is 0 Å². The van der Waals surface area contributed by atoms with Gasteiger partial charge in [0.2, 0.25) is 5.91 Å². The minimum absolute atomic E-state index is 0.0511. The number of nitrogen functional groups attached to an aromatic ring is 1. The Balaban J connectivity index is 1.97. The molecule has 0 radical (unpaired) electrons. The highest BCUT2D eigenvalue weighted by molar-refractivity contribution is 9.11. The third kappa shape index (κ3) is 4.49. The molecule has 2 aromatic carbocycles. The van der Waals surface area contributed by atoms with Gasteiger partial charge in [-0.25, -0.2) is 0 Å². The van der Waals surface area contributed by atoms with Crippen LogP contribution in [0.2, 0.25) is 0 Å². The van der Waals surface area contributed by atoms with E-state index in [9.17, 15) is 4.79 Å². The third-order valence-corrected chi connectivity index (χ3v) is 5.20. The normalized spacial score (nSPS) is 10.4. The molecule has 0 spiro atoms. The lowest BCUT2D eigenvalue weighted by Crippen LogP contribution is -2.14. The first kappa shape index (κ1) is 16.4. The Bertz CT molecular complexity index is 677. The van der Waals surface area contributed by atoms with Crippen molar-refractivity contribution in [2.24, 2.45) is 0 Å². The van der Waals surface area contributed by atoms with Gasteiger partial charge in [-0.15, -0.1) is 11.8 Å². The summed E-state index contributed by atoms with van der Waals surface area (Å²) in [5.74, 6) is 0.289. The van der Waals surface area contributed by atoms with Gasteiger partial charge in [0.15, 0.2) is 0 Å². The molecule has 2 aromatic rings. The Labute approximate surface area is 144 Å². The summed E-state index contributed by atoms with van der Waals surface area (Å²) in [6.07, 6.45) is 0. The van der Waals surface area contributed by atoms with Crippen LogP contribution in [0.25, 0.3) is 0 Å². The summed E-state index contributed by atoms with van der Waals surface area (Å²) in [5, 5.41) is 2.88. The summed E-state index contributed by atoms with van der Waals surface area (Å²) in [6, 6.07) is 11.4. The maximum absolute atomic E-state index is 12.0. The number of carbonyl (C=O) groups excluding carboxylic acids is 1. The van der Waals surface area contributed by atoms with E-state index in [-0.39, 0.29) is 5.91 Å². The Kier molecular flexibility index (Phi) is 5.72. The lowest BCUT2D eigenvalue weighted by molar-refractivity contribution is -0.113. The molecule has 0 aromatic heterocycles. The molecule has 0 unspecified atom stereocenters. The van der Waals surface area contributed by atoms with E-state index in [0.29, 0.717) is 5.75 Å². The first-order valence-electron chi connectivity index (χ1n) is 6.20. The predicted molar refractivity (Wildman–Crippen MR) is 96.8 cm³/mol. The van der Waals surface area contributed by atoms with E-state index >= 15 is 0 Å². The molecule has 3 nitrogen and oxygen atoms in total. The van der Waals surface area contributed by atoms with Crippen LogP contribution in [0.1, 0.15) is 5.56 Å². The molecule has 0 bridgehead atoms. The lowest BCUT2D eigenvalue weighted by Gasteiger charge is -2.09. The number of hydrogen-bond acceptors (Lipinski definition) is 3. The Morgan fingerprint density at radius 1 is 1.29 bits per heavy atom. The SMILES string of the molecule is Cc1c(N)cccc1SCC(=O)Nc1ccc(Br)cc1Br. The van der Waals surface area contributed by atoms with E-state index in [1.54, 1.807) is 0 Å². The highest BCUT2D eigenvalue weighted by atomic mass is 79.9. The highest BCUT2D eigenvalue weighted by Gasteiger charge is 2.08. The van der Waals surface area contributed by atoms with Crippen LogP contribution >= 0.6 is 43.6 Å². The number of rotatable bonds is 4. The van der Waals surface area contributed by atoms with Crippen LogP contribution < -0.4 is 11.1 Å². The summed E-state index contributed by atoms with van der Waals surface area (Å²) in [7, 11) is 0. The second-order valence-electron chi connectivity index (χ2n) is 4.43. The zero-order valence-electron chi connectivity index (χ0n) is 11.3. The second kappa shape index (κ2) is 7.33. The van der Waals surface area contributed by atoms with Gasteiger partial charge in [-0.1, -0.05) is 22.0 Å². The molecular weight excluding hydrogens is 416 g/mol. The second-order valence-corrected chi connectivity index (χ2v) is 7.22. The quantitative estimate of drug-likeness (QED) is 0.540. The first-order chi connectivity index (χ1) is 9.97. The van der Waals surface area contributed by atoms with Gasteiger partial charge in [0, 0.05) is 19.5 Å². The van der Waals surface area contributed by atoms with Crippen molar-refractivity contribution in [2.45, 2.75) is 11.8 Å².